The molecule has 0 saturated heterocycles. The molecule has 2 aromatic rings. The largest absolute Gasteiger partial charge is 0.465 e. The Kier molecular flexibility index (Phi) is 5.81. The Bertz CT molecular complexity index is 589. The van der Waals surface area contributed by atoms with Gasteiger partial charge < -0.3 is 14.4 Å². The van der Waals surface area contributed by atoms with Gasteiger partial charge in [0.15, 0.2) is 0 Å². The van der Waals surface area contributed by atoms with Crippen molar-refractivity contribution in [3.63, 3.8) is 0 Å². The standard InChI is InChI=1S/C17H23NO3/c1-21-17(20)15-8-7-14-9-11-18(16(14)13-15)10-5-3-2-4-6-12-19/h7-9,11,13,19H,2-6,10,12H2,1H3. The molecule has 0 aliphatic heterocycles. The van der Waals surface area contributed by atoms with Gasteiger partial charge in [0.25, 0.3) is 0 Å². The van der Waals surface area contributed by atoms with E-state index in [1.165, 1.54) is 7.11 Å². The maximum atomic E-state index is 11.6. The van der Waals surface area contributed by atoms with Crippen LogP contribution in [0.5, 0.6) is 0 Å². The Morgan fingerprint density at radius 3 is 2.67 bits per heavy atom. The van der Waals surface area contributed by atoms with Crippen LogP contribution in [0, 0.1) is 0 Å². The number of aliphatic hydroxyl groups is 1. The Morgan fingerprint density at radius 1 is 1.14 bits per heavy atom. The second kappa shape index (κ2) is 7.84. The number of carbonyl (C=O) groups excluding carboxylic acids is 1. The first-order valence-electron chi connectivity index (χ1n) is 7.54. The second-order valence-corrected chi connectivity index (χ2v) is 5.27. The maximum Gasteiger partial charge on any atom is 0.337 e. The lowest BCUT2D eigenvalue weighted by molar-refractivity contribution is 0.0601. The Morgan fingerprint density at radius 2 is 1.90 bits per heavy atom. The van der Waals surface area contributed by atoms with E-state index >= 15 is 0 Å². The zero-order valence-corrected chi connectivity index (χ0v) is 12.5. The van der Waals surface area contributed by atoms with Gasteiger partial charge in [-0.15, -0.1) is 0 Å². The molecule has 0 aliphatic carbocycles. The van der Waals surface area contributed by atoms with E-state index in [9.17, 15) is 4.79 Å². The minimum Gasteiger partial charge on any atom is -0.465 e. The number of unbranched alkanes of at least 4 members (excludes halogenated alkanes) is 4. The number of carbonyl (C=O) groups is 1. The molecule has 4 nitrogen and oxygen atoms in total. The fraction of sp³-hybridized carbons (Fsp3) is 0.471. The van der Waals surface area contributed by atoms with E-state index in [-0.39, 0.29) is 5.97 Å². The molecule has 1 aromatic heterocycles. The van der Waals surface area contributed by atoms with E-state index in [1.807, 2.05) is 12.1 Å². The maximum absolute atomic E-state index is 11.6. The highest BCUT2D eigenvalue weighted by Crippen LogP contribution is 2.19. The van der Waals surface area contributed by atoms with Crippen LogP contribution in [0.15, 0.2) is 30.5 Å². The molecule has 1 N–H and O–H groups in total. The van der Waals surface area contributed by atoms with Crippen LogP contribution < -0.4 is 0 Å². The van der Waals surface area contributed by atoms with E-state index in [0.717, 1.165) is 49.6 Å². The number of methoxy groups -OCH3 is 1. The molecule has 0 atom stereocenters. The highest BCUT2D eigenvalue weighted by atomic mass is 16.5. The van der Waals surface area contributed by atoms with Gasteiger partial charge in [0.1, 0.15) is 0 Å². The van der Waals surface area contributed by atoms with Gasteiger partial charge in [-0.3, -0.25) is 0 Å². The molecule has 21 heavy (non-hydrogen) atoms. The van der Waals surface area contributed by atoms with Gasteiger partial charge in [0.2, 0.25) is 0 Å². The summed E-state index contributed by atoms with van der Waals surface area (Å²) in [5.74, 6) is -0.298. The lowest BCUT2D eigenvalue weighted by Crippen LogP contribution is -2.02. The summed E-state index contributed by atoms with van der Waals surface area (Å²) >= 11 is 0. The van der Waals surface area contributed by atoms with E-state index in [1.54, 1.807) is 6.07 Å². The summed E-state index contributed by atoms with van der Waals surface area (Å²) < 4.78 is 6.96. The minimum atomic E-state index is -0.298. The topological polar surface area (TPSA) is 51.5 Å². The Labute approximate surface area is 125 Å². The van der Waals surface area contributed by atoms with E-state index in [4.69, 9.17) is 9.84 Å². The average Bonchev–Trinajstić information content (AvgIpc) is 2.92. The Balaban J connectivity index is 1.98. The molecule has 0 aliphatic rings. The van der Waals surface area contributed by atoms with Crippen molar-refractivity contribution < 1.29 is 14.6 Å². The van der Waals surface area contributed by atoms with Gasteiger partial charge in [0.05, 0.1) is 12.7 Å². The van der Waals surface area contributed by atoms with Gasteiger partial charge in [-0.1, -0.05) is 25.3 Å². The number of nitrogens with zero attached hydrogens (tertiary/aromatic N) is 1. The first-order valence-corrected chi connectivity index (χ1v) is 7.54. The lowest BCUT2D eigenvalue weighted by Gasteiger charge is -2.06. The number of fused-ring (bicyclic) bond motifs is 1. The van der Waals surface area contributed by atoms with Crippen molar-refractivity contribution in [3.05, 3.63) is 36.0 Å². The molecule has 0 radical (unpaired) electrons. The van der Waals surface area contributed by atoms with Crippen molar-refractivity contribution in [1.29, 1.82) is 0 Å². The highest BCUT2D eigenvalue weighted by molar-refractivity contribution is 5.94. The summed E-state index contributed by atoms with van der Waals surface area (Å²) in [6.45, 7) is 1.24. The molecule has 2 rings (SSSR count). The summed E-state index contributed by atoms with van der Waals surface area (Å²) in [6.07, 6.45) is 7.49. The summed E-state index contributed by atoms with van der Waals surface area (Å²) in [4.78, 5) is 11.6. The van der Waals surface area contributed by atoms with Crippen molar-refractivity contribution in [2.24, 2.45) is 0 Å². The zero-order valence-electron chi connectivity index (χ0n) is 12.5. The smallest absolute Gasteiger partial charge is 0.337 e. The number of aromatic nitrogens is 1. The molecule has 1 aromatic carbocycles. The molecule has 114 valence electrons. The van der Waals surface area contributed by atoms with Crippen LogP contribution in [0.4, 0.5) is 0 Å². The average molecular weight is 289 g/mol. The third-order valence-corrected chi connectivity index (χ3v) is 3.75. The molecule has 1 heterocycles. The van der Waals surface area contributed by atoms with Crippen molar-refractivity contribution in [1.82, 2.24) is 4.57 Å². The summed E-state index contributed by atoms with van der Waals surface area (Å²) in [6, 6.07) is 7.72. The van der Waals surface area contributed by atoms with Crippen LogP contribution in [0.1, 0.15) is 42.5 Å². The molecule has 0 bridgehead atoms. The Hall–Kier alpha value is -1.81. The number of hydrogen-bond donors (Lipinski definition) is 1. The second-order valence-electron chi connectivity index (χ2n) is 5.27. The molecule has 4 heteroatoms. The summed E-state index contributed by atoms with van der Waals surface area (Å²) in [5, 5.41) is 9.88. The lowest BCUT2D eigenvalue weighted by atomic mass is 10.1. The number of aryl methyl sites for hydroxylation is 1. The van der Waals surface area contributed by atoms with E-state index in [0.29, 0.717) is 12.2 Å². The number of aliphatic hydroxyl groups excluding tert-OH is 1. The zero-order chi connectivity index (χ0) is 15.1. The van der Waals surface area contributed by atoms with Crippen molar-refractivity contribution in [3.8, 4) is 0 Å². The number of benzene rings is 1. The predicted molar refractivity (Wildman–Crippen MR) is 83.4 cm³/mol. The monoisotopic (exact) mass is 289 g/mol. The normalized spacial score (nSPS) is 11.0. The molecule has 0 spiro atoms. The van der Waals surface area contributed by atoms with Crippen molar-refractivity contribution in [2.45, 2.75) is 38.6 Å². The van der Waals surface area contributed by atoms with Crippen LogP contribution in [-0.4, -0.2) is 29.4 Å². The molecule has 0 unspecified atom stereocenters. The third-order valence-electron chi connectivity index (χ3n) is 3.75. The van der Waals surface area contributed by atoms with Gasteiger partial charge in [-0.2, -0.15) is 0 Å². The molecular weight excluding hydrogens is 266 g/mol. The van der Waals surface area contributed by atoms with Crippen LogP contribution in [0.2, 0.25) is 0 Å². The van der Waals surface area contributed by atoms with Crippen LogP contribution in [-0.2, 0) is 11.3 Å². The fourth-order valence-electron chi connectivity index (χ4n) is 2.55. The van der Waals surface area contributed by atoms with Crippen molar-refractivity contribution in [2.75, 3.05) is 13.7 Å². The number of rotatable bonds is 8. The quantitative estimate of drug-likeness (QED) is 0.599. The van der Waals surface area contributed by atoms with Crippen LogP contribution in [0.25, 0.3) is 10.9 Å². The van der Waals surface area contributed by atoms with Gasteiger partial charge in [0, 0.05) is 24.9 Å². The number of esters is 1. The van der Waals surface area contributed by atoms with E-state index < -0.39 is 0 Å². The van der Waals surface area contributed by atoms with Gasteiger partial charge in [-0.05, 0) is 36.4 Å². The number of hydrogen-bond acceptors (Lipinski definition) is 3. The number of ether oxygens (including phenoxy) is 1. The summed E-state index contributed by atoms with van der Waals surface area (Å²) in [7, 11) is 1.40. The molecular formula is C17H23NO3. The molecule has 0 amide bonds. The molecule has 0 fully saturated rings. The first kappa shape index (κ1) is 15.6. The predicted octanol–water partition coefficient (Wildman–Crippen LogP) is 3.37. The summed E-state index contributed by atoms with van der Waals surface area (Å²) in [5.41, 5.74) is 1.67. The minimum absolute atomic E-state index is 0.290. The van der Waals surface area contributed by atoms with Crippen LogP contribution >= 0.6 is 0 Å². The highest BCUT2D eigenvalue weighted by Gasteiger charge is 2.08. The van der Waals surface area contributed by atoms with E-state index in [2.05, 4.69) is 16.8 Å². The van der Waals surface area contributed by atoms with Gasteiger partial charge >= 0.3 is 5.97 Å². The molecule has 0 saturated carbocycles. The third kappa shape index (κ3) is 4.08. The van der Waals surface area contributed by atoms with Gasteiger partial charge in [-0.25, -0.2) is 4.79 Å². The van der Waals surface area contributed by atoms with Crippen LogP contribution in [0.3, 0.4) is 0 Å². The fourth-order valence-corrected chi connectivity index (χ4v) is 2.55. The SMILES string of the molecule is COC(=O)c1ccc2ccn(CCCCCCCO)c2c1. The first-order chi connectivity index (χ1) is 10.3. The van der Waals surface area contributed by atoms with Crippen molar-refractivity contribution >= 4 is 16.9 Å².